The Kier molecular flexibility index (Phi) is 5.23. The van der Waals surface area contributed by atoms with Crippen LogP contribution in [0.3, 0.4) is 0 Å². The summed E-state index contributed by atoms with van der Waals surface area (Å²) in [5, 5.41) is 0.785. The van der Waals surface area contributed by atoms with Crippen molar-refractivity contribution >= 4 is 11.6 Å². The second kappa shape index (κ2) is 6.23. The van der Waals surface area contributed by atoms with E-state index in [1.54, 1.807) is 0 Å². The average Bonchev–Trinajstić information content (AvgIpc) is 2.26. The predicted molar refractivity (Wildman–Crippen MR) is 76.7 cm³/mol. The quantitative estimate of drug-likeness (QED) is 0.709. The van der Waals surface area contributed by atoms with E-state index in [0.717, 1.165) is 11.6 Å². The van der Waals surface area contributed by atoms with Crippen molar-refractivity contribution in [1.82, 2.24) is 4.90 Å². The molecule has 1 nitrogen and oxygen atoms in total. The van der Waals surface area contributed by atoms with Gasteiger partial charge in [0.1, 0.15) is 0 Å². The van der Waals surface area contributed by atoms with Crippen LogP contribution in [-0.2, 0) is 0 Å². The van der Waals surface area contributed by atoms with E-state index in [2.05, 4.69) is 51.6 Å². The molecule has 1 atom stereocenters. The fourth-order valence-electron chi connectivity index (χ4n) is 1.90. The molecule has 0 aliphatic carbocycles. The molecule has 17 heavy (non-hydrogen) atoms. The van der Waals surface area contributed by atoms with Crippen molar-refractivity contribution in [3.05, 3.63) is 47.0 Å². The topological polar surface area (TPSA) is 3.24 Å². The third-order valence-electron chi connectivity index (χ3n) is 3.01. The normalized spacial score (nSPS) is 13.1. The molecule has 0 radical (unpaired) electrons. The summed E-state index contributed by atoms with van der Waals surface area (Å²) in [5.74, 6) is 0.873. The van der Waals surface area contributed by atoms with Crippen LogP contribution in [0.4, 0.5) is 0 Å². The fraction of sp³-hybridized carbons (Fsp3) is 0.467. The van der Waals surface area contributed by atoms with Crippen molar-refractivity contribution in [2.75, 3.05) is 20.6 Å². The van der Waals surface area contributed by atoms with Gasteiger partial charge in [0.2, 0.25) is 0 Å². The van der Waals surface area contributed by atoms with E-state index in [-0.39, 0.29) is 0 Å². The molecular formula is C15H22ClN. The van der Waals surface area contributed by atoms with Gasteiger partial charge < -0.3 is 4.90 Å². The van der Waals surface area contributed by atoms with E-state index in [1.165, 1.54) is 11.1 Å². The summed E-state index contributed by atoms with van der Waals surface area (Å²) in [4.78, 5) is 2.20. The number of benzene rings is 1. The monoisotopic (exact) mass is 251 g/mol. The molecule has 1 aromatic rings. The van der Waals surface area contributed by atoms with Gasteiger partial charge in [-0.25, -0.2) is 0 Å². The van der Waals surface area contributed by atoms with Crippen molar-refractivity contribution in [2.45, 2.75) is 19.8 Å². The van der Waals surface area contributed by atoms with Gasteiger partial charge in [0.05, 0.1) is 0 Å². The zero-order valence-electron chi connectivity index (χ0n) is 11.2. The molecule has 0 amide bonds. The van der Waals surface area contributed by atoms with Gasteiger partial charge >= 0.3 is 0 Å². The lowest BCUT2D eigenvalue weighted by molar-refractivity contribution is 0.382. The van der Waals surface area contributed by atoms with E-state index in [4.69, 9.17) is 11.6 Å². The maximum atomic E-state index is 5.93. The van der Waals surface area contributed by atoms with Crippen LogP contribution in [0.5, 0.6) is 0 Å². The molecule has 0 aliphatic rings. The molecular weight excluding hydrogens is 230 g/mol. The van der Waals surface area contributed by atoms with Crippen molar-refractivity contribution in [3.8, 4) is 0 Å². The van der Waals surface area contributed by atoms with Crippen molar-refractivity contribution in [2.24, 2.45) is 5.92 Å². The highest BCUT2D eigenvalue weighted by molar-refractivity contribution is 6.30. The van der Waals surface area contributed by atoms with Crippen molar-refractivity contribution in [3.63, 3.8) is 0 Å². The van der Waals surface area contributed by atoms with E-state index < -0.39 is 0 Å². The molecule has 0 heterocycles. The summed E-state index contributed by atoms with van der Waals surface area (Å²) in [6.45, 7) is 9.62. The molecule has 1 rings (SSSR count). The molecule has 0 unspecified atom stereocenters. The van der Waals surface area contributed by atoms with Crippen molar-refractivity contribution in [1.29, 1.82) is 0 Å². The predicted octanol–water partition coefficient (Wildman–Crippen LogP) is 4.20. The van der Waals surface area contributed by atoms with Gasteiger partial charge in [0.15, 0.2) is 0 Å². The standard InChI is InChI=1S/C15H22ClN/c1-11(2)12(3)15(10-17(4)5)13-6-8-14(16)9-7-13/h6-9,11,15H,3,10H2,1-2,4-5H3/t15-/m0/s1. The highest BCUT2D eigenvalue weighted by atomic mass is 35.5. The molecule has 1 aromatic carbocycles. The smallest absolute Gasteiger partial charge is 0.0406 e. The Labute approximate surface area is 110 Å². The summed E-state index contributed by atoms with van der Waals surface area (Å²) >= 11 is 5.93. The Hall–Kier alpha value is -0.790. The van der Waals surface area contributed by atoms with Crippen LogP contribution in [0, 0.1) is 5.92 Å². The van der Waals surface area contributed by atoms with Crippen LogP contribution < -0.4 is 0 Å². The van der Waals surface area contributed by atoms with E-state index in [9.17, 15) is 0 Å². The summed E-state index contributed by atoms with van der Waals surface area (Å²) in [5.41, 5.74) is 2.57. The van der Waals surface area contributed by atoms with Crippen LogP contribution in [0.2, 0.25) is 5.02 Å². The molecule has 0 N–H and O–H groups in total. The van der Waals surface area contributed by atoms with Crippen LogP contribution in [0.1, 0.15) is 25.3 Å². The highest BCUT2D eigenvalue weighted by Gasteiger charge is 2.18. The lowest BCUT2D eigenvalue weighted by atomic mass is 9.85. The Bertz CT molecular complexity index is 365. The third-order valence-corrected chi connectivity index (χ3v) is 3.26. The minimum atomic E-state index is 0.377. The minimum absolute atomic E-state index is 0.377. The highest BCUT2D eigenvalue weighted by Crippen LogP contribution is 2.29. The van der Waals surface area contributed by atoms with Gasteiger partial charge in [-0.05, 0) is 37.7 Å². The molecule has 0 fully saturated rings. The van der Waals surface area contributed by atoms with Crippen LogP contribution in [-0.4, -0.2) is 25.5 Å². The Morgan fingerprint density at radius 3 is 2.18 bits per heavy atom. The summed E-state index contributed by atoms with van der Waals surface area (Å²) in [6, 6.07) is 8.11. The van der Waals surface area contributed by atoms with Crippen molar-refractivity contribution < 1.29 is 0 Å². The summed E-state index contributed by atoms with van der Waals surface area (Å²) < 4.78 is 0. The molecule has 2 heteroatoms. The first-order chi connectivity index (χ1) is 7.91. The first-order valence-corrected chi connectivity index (χ1v) is 6.38. The van der Waals surface area contributed by atoms with Gasteiger partial charge in [-0.1, -0.05) is 49.7 Å². The average molecular weight is 252 g/mol. The fourth-order valence-corrected chi connectivity index (χ4v) is 2.03. The zero-order valence-corrected chi connectivity index (χ0v) is 12.0. The minimum Gasteiger partial charge on any atom is -0.308 e. The second-order valence-electron chi connectivity index (χ2n) is 5.10. The molecule has 0 bridgehead atoms. The van der Waals surface area contributed by atoms with Gasteiger partial charge in [-0.2, -0.15) is 0 Å². The van der Waals surface area contributed by atoms with E-state index in [0.29, 0.717) is 11.8 Å². The van der Waals surface area contributed by atoms with Gasteiger partial charge in [0.25, 0.3) is 0 Å². The third kappa shape index (κ3) is 4.18. The Morgan fingerprint density at radius 1 is 1.24 bits per heavy atom. The first kappa shape index (κ1) is 14.3. The second-order valence-corrected chi connectivity index (χ2v) is 5.53. The van der Waals surface area contributed by atoms with E-state index >= 15 is 0 Å². The van der Waals surface area contributed by atoms with Gasteiger partial charge in [-0.15, -0.1) is 0 Å². The number of nitrogens with zero attached hydrogens (tertiary/aromatic N) is 1. The molecule has 0 saturated carbocycles. The Morgan fingerprint density at radius 2 is 1.76 bits per heavy atom. The van der Waals surface area contributed by atoms with E-state index in [1.807, 2.05) is 12.1 Å². The number of likely N-dealkylation sites (N-methyl/N-ethyl adjacent to an activating group) is 1. The molecule has 0 spiro atoms. The molecule has 0 aliphatic heterocycles. The van der Waals surface area contributed by atoms with Crippen LogP contribution in [0.25, 0.3) is 0 Å². The number of hydrogen-bond acceptors (Lipinski definition) is 1. The SMILES string of the molecule is C=C(C(C)C)[C@H](CN(C)C)c1ccc(Cl)cc1. The lowest BCUT2D eigenvalue weighted by Gasteiger charge is -2.26. The molecule has 0 saturated heterocycles. The van der Waals surface area contributed by atoms with Crippen LogP contribution >= 0.6 is 11.6 Å². The summed E-state index contributed by atoms with van der Waals surface area (Å²) in [6.07, 6.45) is 0. The maximum absolute atomic E-state index is 5.93. The first-order valence-electron chi connectivity index (χ1n) is 6.00. The van der Waals surface area contributed by atoms with Gasteiger partial charge in [0, 0.05) is 17.5 Å². The lowest BCUT2D eigenvalue weighted by Crippen LogP contribution is -2.23. The molecule has 0 aromatic heterocycles. The number of rotatable bonds is 5. The maximum Gasteiger partial charge on any atom is 0.0406 e. The zero-order chi connectivity index (χ0) is 13.0. The number of hydrogen-bond donors (Lipinski definition) is 0. The molecule has 94 valence electrons. The number of halogens is 1. The largest absolute Gasteiger partial charge is 0.308 e. The van der Waals surface area contributed by atoms with Crippen LogP contribution in [0.15, 0.2) is 36.4 Å². The Balaban J connectivity index is 2.97. The summed E-state index contributed by atoms with van der Waals surface area (Å²) in [7, 11) is 4.19. The van der Waals surface area contributed by atoms with Gasteiger partial charge in [-0.3, -0.25) is 0 Å².